The summed E-state index contributed by atoms with van der Waals surface area (Å²) in [4.78, 5) is 0. The van der Waals surface area contributed by atoms with Gasteiger partial charge in [-0.3, -0.25) is 0 Å². The van der Waals surface area contributed by atoms with Crippen LogP contribution in [0.15, 0.2) is 12.2 Å². The third-order valence-corrected chi connectivity index (χ3v) is 1.41. The average Bonchev–Trinajstić information content (AvgIpc) is 1.97. The molecule has 0 heterocycles. The van der Waals surface area contributed by atoms with Crippen molar-refractivity contribution < 1.29 is 5.11 Å². The van der Waals surface area contributed by atoms with Crippen LogP contribution < -0.4 is 0 Å². The predicted octanol–water partition coefficient (Wildman–Crippen LogP) is 2.12. The van der Waals surface area contributed by atoms with Crippen molar-refractivity contribution in [1.82, 2.24) is 0 Å². The van der Waals surface area contributed by atoms with Crippen LogP contribution in [-0.4, -0.2) is 11.2 Å². The molecular formula is C10H16O. The Morgan fingerprint density at radius 3 is 2.64 bits per heavy atom. The van der Waals surface area contributed by atoms with Gasteiger partial charge in [-0.15, -0.1) is 11.8 Å². The van der Waals surface area contributed by atoms with Crippen molar-refractivity contribution in [3.8, 4) is 11.8 Å². The maximum absolute atomic E-state index is 9.26. The summed E-state index contributed by atoms with van der Waals surface area (Å²) in [5.41, 5.74) is 0.822. The summed E-state index contributed by atoms with van der Waals surface area (Å²) in [6, 6.07) is 0. The molecule has 0 radical (unpaired) electrons. The monoisotopic (exact) mass is 152 g/mol. The molecule has 0 aliphatic rings. The molecule has 0 amide bonds. The van der Waals surface area contributed by atoms with Crippen LogP contribution in [0.2, 0.25) is 0 Å². The molecule has 1 unspecified atom stereocenters. The molecule has 0 saturated carbocycles. The zero-order valence-corrected chi connectivity index (χ0v) is 7.35. The summed E-state index contributed by atoms with van der Waals surface area (Å²) >= 11 is 0. The lowest BCUT2D eigenvalue weighted by atomic mass is 10.1. The molecule has 0 aromatic heterocycles. The van der Waals surface area contributed by atoms with E-state index in [-0.39, 0.29) is 6.10 Å². The fourth-order valence-electron chi connectivity index (χ4n) is 0.669. The minimum atomic E-state index is -0.374. The summed E-state index contributed by atoms with van der Waals surface area (Å²) in [6.07, 6.45) is 1.99. The second-order valence-corrected chi connectivity index (χ2v) is 2.61. The third-order valence-electron chi connectivity index (χ3n) is 1.41. The third kappa shape index (κ3) is 5.69. The van der Waals surface area contributed by atoms with Crippen LogP contribution in [0.3, 0.4) is 0 Å². The minimum absolute atomic E-state index is 0.374. The van der Waals surface area contributed by atoms with Crippen LogP contribution in [0.4, 0.5) is 0 Å². The van der Waals surface area contributed by atoms with E-state index in [1.165, 1.54) is 0 Å². The summed E-state index contributed by atoms with van der Waals surface area (Å²) < 4.78 is 0. The first-order chi connectivity index (χ1) is 5.18. The summed E-state index contributed by atoms with van der Waals surface area (Å²) in [6.45, 7) is 7.50. The topological polar surface area (TPSA) is 20.2 Å². The van der Waals surface area contributed by atoms with E-state index in [0.29, 0.717) is 6.42 Å². The van der Waals surface area contributed by atoms with E-state index in [1.54, 1.807) is 0 Å². The van der Waals surface area contributed by atoms with E-state index >= 15 is 0 Å². The Bertz CT molecular complexity index is 171. The molecule has 0 rings (SSSR count). The van der Waals surface area contributed by atoms with Crippen molar-refractivity contribution in [3.05, 3.63) is 12.2 Å². The van der Waals surface area contributed by atoms with Crippen LogP contribution >= 0.6 is 0 Å². The van der Waals surface area contributed by atoms with E-state index in [0.717, 1.165) is 18.4 Å². The molecular weight excluding hydrogens is 136 g/mol. The molecule has 1 nitrogen and oxygen atoms in total. The SMILES string of the molecule is C=C(C)C(O)CCC#CCC. The van der Waals surface area contributed by atoms with Crippen LogP contribution in [0.5, 0.6) is 0 Å². The van der Waals surface area contributed by atoms with Gasteiger partial charge in [0.05, 0.1) is 6.10 Å². The molecule has 0 fully saturated rings. The molecule has 62 valence electrons. The van der Waals surface area contributed by atoms with Gasteiger partial charge in [0.15, 0.2) is 0 Å². The van der Waals surface area contributed by atoms with Gasteiger partial charge in [-0.05, 0) is 13.3 Å². The van der Waals surface area contributed by atoms with Crippen molar-refractivity contribution >= 4 is 0 Å². The van der Waals surface area contributed by atoms with E-state index in [9.17, 15) is 5.11 Å². The number of hydrogen-bond acceptors (Lipinski definition) is 1. The van der Waals surface area contributed by atoms with Gasteiger partial charge in [0, 0.05) is 12.8 Å². The van der Waals surface area contributed by atoms with Gasteiger partial charge in [0.1, 0.15) is 0 Å². The normalized spacial score (nSPS) is 11.5. The van der Waals surface area contributed by atoms with Gasteiger partial charge < -0.3 is 5.11 Å². The highest BCUT2D eigenvalue weighted by atomic mass is 16.3. The maximum atomic E-state index is 9.26. The summed E-state index contributed by atoms with van der Waals surface area (Å²) in [5, 5.41) is 9.26. The smallest absolute Gasteiger partial charge is 0.0753 e. The van der Waals surface area contributed by atoms with Crippen molar-refractivity contribution in [2.24, 2.45) is 0 Å². The second-order valence-electron chi connectivity index (χ2n) is 2.61. The minimum Gasteiger partial charge on any atom is -0.389 e. The number of hydrogen-bond donors (Lipinski definition) is 1. The van der Waals surface area contributed by atoms with Crippen molar-refractivity contribution in [3.63, 3.8) is 0 Å². The fourth-order valence-corrected chi connectivity index (χ4v) is 0.669. The Labute approximate surface area is 69.1 Å². The molecule has 11 heavy (non-hydrogen) atoms. The lowest BCUT2D eigenvalue weighted by Crippen LogP contribution is -2.05. The molecule has 0 aliphatic carbocycles. The van der Waals surface area contributed by atoms with Crippen LogP contribution in [0.25, 0.3) is 0 Å². The van der Waals surface area contributed by atoms with Gasteiger partial charge >= 0.3 is 0 Å². The first kappa shape index (κ1) is 10.3. The van der Waals surface area contributed by atoms with Gasteiger partial charge in [-0.2, -0.15) is 0 Å². The van der Waals surface area contributed by atoms with Crippen molar-refractivity contribution in [2.45, 2.75) is 39.2 Å². The van der Waals surface area contributed by atoms with E-state index < -0.39 is 0 Å². The predicted molar refractivity (Wildman–Crippen MR) is 48.1 cm³/mol. The Morgan fingerprint density at radius 1 is 1.55 bits per heavy atom. The Hall–Kier alpha value is -0.740. The lowest BCUT2D eigenvalue weighted by molar-refractivity contribution is 0.203. The molecule has 0 aliphatic heterocycles. The molecule has 1 N–H and O–H groups in total. The molecule has 0 bridgehead atoms. The highest BCUT2D eigenvalue weighted by molar-refractivity contribution is 5.02. The van der Waals surface area contributed by atoms with Crippen molar-refractivity contribution in [1.29, 1.82) is 0 Å². The van der Waals surface area contributed by atoms with E-state index in [4.69, 9.17) is 0 Å². The standard InChI is InChI=1S/C10H16O/c1-4-5-6-7-8-10(11)9(2)3/h10-11H,2,4,7-8H2,1,3H3. The van der Waals surface area contributed by atoms with Gasteiger partial charge in [-0.25, -0.2) is 0 Å². The molecule has 0 saturated heterocycles. The summed E-state index contributed by atoms with van der Waals surface area (Å²) in [5.74, 6) is 5.92. The first-order valence-electron chi connectivity index (χ1n) is 3.97. The highest BCUT2D eigenvalue weighted by Gasteiger charge is 2.01. The largest absolute Gasteiger partial charge is 0.389 e. The zero-order valence-electron chi connectivity index (χ0n) is 7.35. The Morgan fingerprint density at radius 2 is 2.18 bits per heavy atom. The van der Waals surface area contributed by atoms with Crippen LogP contribution in [0, 0.1) is 11.8 Å². The fraction of sp³-hybridized carbons (Fsp3) is 0.600. The van der Waals surface area contributed by atoms with E-state index in [2.05, 4.69) is 18.4 Å². The molecule has 1 heteroatoms. The molecule has 0 spiro atoms. The Kier molecular flexibility index (Phi) is 5.60. The molecule has 1 atom stereocenters. The van der Waals surface area contributed by atoms with Gasteiger partial charge in [0.2, 0.25) is 0 Å². The van der Waals surface area contributed by atoms with Gasteiger partial charge in [-0.1, -0.05) is 19.1 Å². The maximum Gasteiger partial charge on any atom is 0.0753 e. The van der Waals surface area contributed by atoms with Crippen LogP contribution in [-0.2, 0) is 0 Å². The Balaban J connectivity index is 3.46. The van der Waals surface area contributed by atoms with E-state index in [1.807, 2.05) is 13.8 Å². The molecule has 0 aromatic carbocycles. The van der Waals surface area contributed by atoms with Crippen LogP contribution in [0.1, 0.15) is 33.1 Å². The zero-order chi connectivity index (χ0) is 8.69. The lowest BCUT2D eigenvalue weighted by Gasteiger charge is -2.05. The number of rotatable bonds is 3. The second kappa shape index (κ2) is 6.00. The van der Waals surface area contributed by atoms with Gasteiger partial charge in [0.25, 0.3) is 0 Å². The molecule has 0 aromatic rings. The number of aliphatic hydroxyl groups excluding tert-OH is 1. The van der Waals surface area contributed by atoms with Crippen molar-refractivity contribution in [2.75, 3.05) is 0 Å². The quantitative estimate of drug-likeness (QED) is 0.485. The summed E-state index contributed by atoms with van der Waals surface area (Å²) in [7, 11) is 0. The number of aliphatic hydroxyl groups is 1. The average molecular weight is 152 g/mol. The first-order valence-corrected chi connectivity index (χ1v) is 3.97. The highest BCUT2D eigenvalue weighted by Crippen LogP contribution is 2.04.